The Morgan fingerprint density at radius 1 is 1.19 bits per heavy atom. The number of aliphatic hydroxyl groups is 1. The summed E-state index contributed by atoms with van der Waals surface area (Å²) >= 11 is 6.38. The van der Waals surface area contributed by atoms with Gasteiger partial charge in [0.25, 0.3) is 11.7 Å². The van der Waals surface area contributed by atoms with E-state index in [4.69, 9.17) is 21.1 Å². The largest absolute Gasteiger partial charge is 0.507 e. The van der Waals surface area contributed by atoms with E-state index in [9.17, 15) is 14.7 Å². The van der Waals surface area contributed by atoms with Crippen LogP contribution in [-0.4, -0.2) is 61.2 Å². The summed E-state index contributed by atoms with van der Waals surface area (Å²) in [6.07, 6.45) is 1.58. The van der Waals surface area contributed by atoms with Crippen molar-refractivity contribution in [2.24, 2.45) is 0 Å². The van der Waals surface area contributed by atoms with Gasteiger partial charge in [0, 0.05) is 31.9 Å². The number of carbonyl (C=O) groups excluding carboxylic acids is 2. The Bertz CT molecular complexity index is 1170. The predicted octanol–water partition coefficient (Wildman–Crippen LogP) is 5.10. The van der Waals surface area contributed by atoms with E-state index in [2.05, 4.69) is 18.7 Å². The van der Waals surface area contributed by atoms with Gasteiger partial charge < -0.3 is 24.4 Å². The number of anilines is 1. The van der Waals surface area contributed by atoms with Crippen molar-refractivity contribution in [1.82, 2.24) is 4.90 Å². The Labute approximate surface area is 217 Å². The number of aryl methyl sites for hydroxylation is 1. The van der Waals surface area contributed by atoms with Gasteiger partial charge in [-0.05, 0) is 69.0 Å². The molecule has 2 saturated heterocycles. The first-order valence-electron chi connectivity index (χ1n) is 12.4. The number of benzene rings is 2. The number of rotatable bonds is 8. The van der Waals surface area contributed by atoms with Crippen LogP contribution in [-0.2, 0) is 14.3 Å². The lowest BCUT2D eigenvalue weighted by Crippen LogP contribution is -2.36. The number of hydrogen-bond donors (Lipinski definition) is 1. The van der Waals surface area contributed by atoms with Crippen molar-refractivity contribution in [3.8, 4) is 5.75 Å². The molecule has 2 atom stereocenters. The highest BCUT2D eigenvalue weighted by Gasteiger charge is 2.47. The fraction of sp³-hybridized carbons (Fsp3) is 0.429. The maximum atomic E-state index is 13.4. The van der Waals surface area contributed by atoms with E-state index < -0.39 is 17.7 Å². The highest BCUT2D eigenvalue weighted by molar-refractivity contribution is 6.46. The summed E-state index contributed by atoms with van der Waals surface area (Å²) in [6, 6.07) is 10.5. The molecule has 1 N–H and O–H groups in total. The van der Waals surface area contributed by atoms with Gasteiger partial charge in [0.05, 0.1) is 35.4 Å². The molecule has 0 aliphatic carbocycles. The van der Waals surface area contributed by atoms with Crippen LogP contribution in [0.4, 0.5) is 5.69 Å². The molecule has 2 aliphatic rings. The van der Waals surface area contributed by atoms with Gasteiger partial charge in [-0.15, -0.1) is 0 Å². The minimum atomic E-state index is -0.760. The number of ketones is 1. The third kappa shape index (κ3) is 4.82. The second kappa shape index (κ2) is 10.9. The highest BCUT2D eigenvalue weighted by Crippen LogP contribution is 2.43. The van der Waals surface area contributed by atoms with Crippen LogP contribution in [0.5, 0.6) is 5.75 Å². The molecule has 2 unspecified atom stereocenters. The molecular weight excluding hydrogens is 480 g/mol. The third-order valence-corrected chi connectivity index (χ3v) is 7.23. The fourth-order valence-electron chi connectivity index (χ4n) is 5.14. The van der Waals surface area contributed by atoms with E-state index in [1.54, 1.807) is 12.1 Å². The van der Waals surface area contributed by atoms with Crippen molar-refractivity contribution in [2.75, 3.05) is 38.3 Å². The van der Waals surface area contributed by atoms with Gasteiger partial charge in [-0.25, -0.2) is 0 Å². The first-order chi connectivity index (χ1) is 17.3. The van der Waals surface area contributed by atoms with Crippen molar-refractivity contribution in [1.29, 1.82) is 0 Å². The molecule has 0 radical (unpaired) electrons. The van der Waals surface area contributed by atoms with E-state index >= 15 is 0 Å². The van der Waals surface area contributed by atoms with Gasteiger partial charge in [-0.3, -0.25) is 9.59 Å². The molecule has 2 aliphatic heterocycles. The lowest BCUT2D eigenvalue weighted by Gasteiger charge is -2.28. The molecule has 192 valence electrons. The smallest absolute Gasteiger partial charge is 0.295 e. The molecule has 1 amide bonds. The van der Waals surface area contributed by atoms with Crippen molar-refractivity contribution in [3.63, 3.8) is 0 Å². The number of ether oxygens (including phenoxy) is 2. The number of nitrogens with zero attached hydrogens (tertiary/aromatic N) is 2. The summed E-state index contributed by atoms with van der Waals surface area (Å²) in [5, 5.41) is 11.8. The molecule has 2 heterocycles. The zero-order valence-electron chi connectivity index (χ0n) is 21.2. The van der Waals surface area contributed by atoms with Gasteiger partial charge >= 0.3 is 0 Å². The van der Waals surface area contributed by atoms with Crippen LogP contribution in [0.2, 0.25) is 5.02 Å². The van der Waals surface area contributed by atoms with Crippen molar-refractivity contribution in [2.45, 2.75) is 45.8 Å². The normalized spacial score (nSPS) is 21.3. The van der Waals surface area contributed by atoms with Crippen LogP contribution in [0, 0.1) is 6.92 Å². The van der Waals surface area contributed by atoms with Crippen molar-refractivity contribution >= 4 is 34.7 Å². The molecule has 0 aromatic heterocycles. The highest BCUT2D eigenvalue weighted by atomic mass is 35.5. The molecular formula is C28H33ClN2O5. The monoisotopic (exact) mass is 512 g/mol. The molecule has 8 heteroatoms. The number of aliphatic hydroxyl groups excluding tert-OH is 1. The van der Waals surface area contributed by atoms with Crippen molar-refractivity contribution in [3.05, 3.63) is 63.7 Å². The number of methoxy groups -OCH3 is 1. The minimum absolute atomic E-state index is 0.0218. The number of likely N-dealkylation sites (tertiary alicyclic amines) is 1. The summed E-state index contributed by atoms with van der Waals surface area (Å²) in [7, 11) is 1.45. The number of halogens is 1. The summed E-state index contributed by atoms with van der Waals surface area (Å²) in [5.74, 6) is -1.44. The second-order valence-electron chi connectivity index (χ2n) is 9.18. The quantitative estimate of drug-likeness (QED) is 0.301. The topological polar surface area (TPSA) is 79.3 Å². The van der Waals surface area contributed by atoms with Gasteiger partial charge in [0.2, 0.25) is 0 Å². The SMILES string of the molecule is CCN(CC)c1ccc(C2/C(=C(\O)c3cc(C)cc(Cl)c3OC)C(=O)C(=O)N2CC2CCCO2)cc1. The van der Waals surface area contributed by atoms with Crippen LogP contribution in [0.15, 0.2) is 42.0 Å². The molecule has 0 bridgehead atoms. The van der Waals surface area contributed by atoms with Gasteiger partial charge in [-0.2, -0.15) is 0 Å². The van der Waals surface area contributed by atoms with E-state index in [0.29, 0.717) is 11.6 Å². The average molecular weight is 513 g/mol. The summed E-state index contributed by atoms with van der Waals surface area (Å²) in [4.78, 5) is 30.4. The van der Waals surface area contributed by atoms with Crippen molar-refractivity contribution < 1.29 is 24.2 Å². The Kier molecular flexibility index (Phi) is 7.91. The summed E-state index contributed by atoms with van der Waals surface area (Å²) in [6.45, 7) is 8.65. The maximum absolute atomic E-state index is 13.4. The zero-order chi connectivity index (χ0) is 26.0. The summed E-state index contributed by atoms with van der Waals surface area (Å²) < 4.78 is 11.2. The molecule has 2 aromatic carbocycles. The number of carbonyl (C=O) groups is 2. The zero-order valence-corrected chi connectivity index (χ0v) is 22.0. The minimum Gasteiger partial charge on any atom is -0.507 e. The Hall–Kier alpha value is -3.03. The molecule has 2 aromatic rings. The van der Waals surface area contributed by atoms with Gasteiger partial charge in [0.15, 0.2) is 0 Å². The molecule has 0 spiro atoms. The maximum Gasteiger partial charge on any atom is 0.295 e. The van der Waals surface area contributed by atoms with E-state index in [-0.39, 0.29) is 35.3 Å². The van der Waals surface area contributed by atoms with E-state index in [0.717, 1.165) is 42.7 Å². The average Bonchev–Trinajstić information content (AvgIpc) is 3.47. The molecule has 36 heavy (non-hydrogen) atoms. The summed E-state index contributed by atoms with van der Waals surface area (Å²) in [5.41, 5.74) is 2.88. The standard InChI is InChI=1S/C28H33ClN2O5/c1-5-30(6-2)19-11-9-18(10-12-19)24-23(25(32)21-14-17(3)15-22(29)27(21)35-4)26(33)28(34)31(24)16-20-8-7-13-36-20/h9-12,14-15,20,24,32H,5-8,13,16H2,1-4H3/b25-23+. The van der Waals surface area contributed by atoms with E-state index in [1.165, 1.54) is 12.0 Å². The Morgan fingerprint density at radius 3 is 2.47 bits per heavy atom. The lowest BCUT2D eigenvalue weighted by molar-refractivity contribution is -0.140. The Morgan fingerprint density at radius 2 is 1.89 bits per heavy atom. The van der Waals surface area contributed by atoms with Gasteiger partial charge in [-0.1, -0.05) is 23.7 Å². The van der Waals surface area contributed by atoms with Gasteiger partial charge in [0.1, 0.15) is 11.5 Å². The predicted molar refractivity (Wildman–Crippen MR) is 141 cm³/mol. The van der Waals surface area contributed by atoms with Crippen LogP contribution in [0.1, 0.15) is 49.4 Å². The van der Waals surface area contributed by atoms with E-state index in [1.807, 2.05) is 31.2 Å². The van der Waals surface area contributed by atoms with Crippen LogP contribution >= 0.6 is 11.6 Å². The van der Waals surface area contributed by atoms with Crippen LogP contribution in [0.3, 0.4) is 0 Å². The van der Waals surface area contributed by atoms with Crippen LogP contribution < -0.4 is 9.64 Å². The number of amides is 1. The lowest BCUT2D eigenvalue weighted by atomic mass is 9.94. The van der Waals surface area contributed by atoms with Crippen LogP contribution in [0.25, 0.3) is 5.76 Å². The molecule has 2 fully saturated rings. The second-order valence-corrected chi connectivity index (χ2v) is 9.59. The molecule has 4 rings (SSSR count). The Balaban J connectivity index is 1.86. The first kappa shape index (κ1) is 26.0. The number of hydrogen-bond acceptors (Lipinski definition) is 6. The third-order valence-electron chi connectivity index (χ3n) is 6.95. The fourth-order valence-corrected chi connectivity index (χ4v) is 5.49. The number of Topliss-reactive ketones (excluding diaryl/α,β-unsaturated/α-hetero) is 1. The molecule has 0 saturated carbocycles. The molecule has 7 nitrogen and oxygen atoms in total. The first-order valence-corrected chi connectivity index (χ1v) is 12.8.